The van der Waals surface area contributed by atoms with Crippen molar-refractivity contribution in [2.45, 2.75) is 31.7 Å². The third-order valence-corrected chi connectivity index (χ3v) is 6.43. The summed E-state index contributed by atoms with van der Waals surface area (Å²) in [5.74, 6) is 1.19. The number of amides is 1. The number of thioether (sulfide) groups is 1. The summed E-state index contributed by atoms with van der Waals surface area (Å²) in [6.45, 7) is 1.60. The lowest BCUT2D eigenvalue weighted by Crippen LogP contribution is -2.31. The van der Waals surface area contributed by atoms with Crippen molar-refractivity contribution in [3.63, 3.8) is 0 Å². The highest BCUT2D eigenvalue weighted by atomic mass is 32.2. The summed E-state index contributed by atoms with van der Waals surface area (Å²) in [6.07, 6.45) is 5.90. The highest BCUT2D eigenvalue weighted by Crippen LogP contribution is 2.31. The lowest BCUT2D eigenvalue weighted by molar-refractivity contribution is -0.384. The van der Waals surface area contributed by atoms with E-state index in [9.17, 15) is 14.9 Å². The smallest absolute Gasteiger partial charge is 0.293 e. The van der Waals surface area contributed by atoms with E-state index in [1.54, 1.807) is 23.9 Å². The van der Waals surface area contributed by atoms with E-state index in [0.717, 1.165) is 49.1 Å². The van der Waals surface area contributed by atoms with E-state index in [0.29, 0.717) is 17.9 Å². The first-order valence-electron chi connectivity index (χ1n) is 10.8. The van der Waals surface area contributed by atoms with Crippen molar-refractivity contribution in [1.82, 2.24) is 15.3 Å². The molecule has 0 radical (unpaired) electrons. The normalized spacial score (nSPS) is 15.0. The Morgan fingerprint density at radius 3 is 2.75 bits per heavy atom. The predicted octanol–water partition coefficient (Wildman–Crippen LogP) is 4.69. The molecule has 9 heteroatoms. The van der Waals surface area contributed by atoms with Crippen LogP contribution in [-0.4, -0.2) is 45.9 Å². The maximum atomic E-state index is 13.1. The number of nitro benzene ring substituents is 1. The molecule has 1 atom stereocenters. The molecule has 168 valence electrons. The van der Waals surface area contributed by atoms with E-state index in [-0.39, 0.29) is 23.2 Å². The average molecular weight is 454 g/mol. The SMILES string of the molecule is CSCC[C@H](NC(=O)c1ccc(N2CCCCC2)c([N+](=O)[O-])c1)c1nc2ccccc2[nH]1. The van der Waals surface area contributed by atoms with Gasteiger partial charge >= 0.3 is 0 Å². The van der Waals surface area contributed by atoms with Crippen LogP contribution in [0.15, 0.2) is 42.5 Å². The van der Waals surface area contributed by atoms with Crippen LogP contribution >= 0.6 is 11.8 Å². The fraction of sp³-hybridized carbons (Fsp3) is 0.391. The van der Waals surface area contributed by atoms with Gasteiger partial charge in [0.05, 0.1) is 22.0 Å². The second-order valence-corrected chi connectivity index (χ2v) is 8.94. The number of aromatic nitrogens is 2. The van der Waals surface area contributed by atoms with Crippen molar-refractivity contribution in [3.8, 4) is 0 Å². The summed E-state index contributed by atoms with van der Waals surface area (Å²) >= 11 is 1.69. The number of H-pyrrole nitrogens is 1. The number of para-hydroxylation sites is 2. The topological polar surface area (TPSA) is 104 Å². The molecule has 3 aromatic rings. The van der Waals surface area contributed by atoms with Crippen LogP contribution in [0.3, 0.4) is 0 Å². The van der Waals surface area contributed by atoms with E-state index in [4.69, 9.17) is 0 Å². The molecular formula is C23H27N5O3S. The van der Waals surface area contributed by atoms with Crippen LogP contribution < -0.4 is 10.2 Å². The molecule has 2 heterocycles. The van der Waals surface area contributed by atoms with Gasteiger partial charge in [0.1, 0.15) is 11.5 Å². The lowest BCUT2D eigenvalue weighted by atomic mass is 10.1. The number of carbonyl (C=O) groups is 1. The van der Waals surface area contributed by atoms with Crippen LogP contribution in [0, 0.1) is 10.1 Å². The first-order valence-corrected chi connectivity index (χ1v) is 12.2. The number of benzene rings is 2. The van der Waals surface area contributed by atoms with Crippen molar-refractivity contribution in [2.24, 2.45) is 0 Å². The van der Waals surface area contributed by atoms with Crippen LogP contribution in [0.2, 0.25) is 0 Å². The van der Waals surface area contributed by atoms with Crippen LogP contribution in [0.5, 0.6) is 0 Å². The molecule has 1 aliphatic rings. The lowest BCUT2D eigenvalue weighted by Gasteiger charge is -2.28. The molecule has 1 aliphatic heterocycles. The molecule has 32 heavy (non-hydrogen) atoms. The summed E-state index contributed by atoms with van der Waals surface area (Å²) < 4.78 is 0. The number of nitro groups is 1. The van der Waals surface area contributed by atoms with Crippen molar-refractivity contribution < 1.29 is 9.72 Å². The molecule has 2 N–H and O–H groups in total. The van der Waals surface area contributed by atoms with Crippen LogP contribution in [0.1, 0.15) is 47.9 Å². The van der Waals surface area contributed by atoms with Gasteiger partial charge < -0.3 is 15.2 Å². The Morgan fingerprint density at radius 2 is 2.03 bits per heavy atom. The fourth-order valence-electron chi connectivity index (χ4n) is 4.11. The summed E-state index contributed by atoms with van der Waals surface area (Å²) in [7, 11) is 0. The quantitative estimate of drug-likeness (QED) is 0.379. The van der Waals surface area contributed by atoms with E-state index < -0.39 is 4.92 Å². The Kier molecular flexibility index (Phi) is 6.94. The second-order valence-electron chi connectivity index (χ2n) is 7.96. The Morgan fingerprint density at radius 1 is 1.25 bits per heavy atom. The van der Waals surface area contributed by atoms with Crippen molar-refractivity contribution in [1.29, 1.82) is 0 Å². The number of nitrogens with zero attached hydrogens (tertiary/aromatic N) is 3. The molecule has 0 saturated carbocycles. The Bertz CT molecular complexity index is 1080. The number of nitrogens with one attached hydrogen (secondary N) is 2. The minimum Gasteiger partial charge on any atom is -0.366 e. The van der Waals surface area contributed by atoms with Gasteiger partial charge in [-0.2, -0.15) is 11.8 Å². The fourth-order valence-corrected chi connectivity index (χ4v) is 4.58. The molecule has 0 bridgehead atoms. The van der Waals surface area contributed by atoms with Crippen molar-refractivity contribution >= 4 is 40.1 Å². The van der Waals surface area contributed by atoms with Crippen molar-refractivity contribution in [3.05, 3.63) is 64.0 Å². The standard InChI is InChI=1S/C23H27N5O3S/c1-32-14-11-19(22-24-17-7-3-4-8-18(17)25-22)26-23(29)16-9-10-20(21(15-16)28(30)31)27-12-5-2-6-13-27/h3-4,7-10,15,19H,2,5-6,11-14H2,1H3,(H,24,25)(H,26,29)/t19-/m0/s1. The zero-order valence-electron chi connectivity index (χ0n) is 18.0. The minimum atomic E-state index is -0.398. The van der Waals surface area contributed by atoms with Gasteiger partial charge in [-0.1, -0.05) is 12.1 Å². The maximum absolute atomic E-state index is 13.1. The number of carbonyl (C=O) groups excluding carboxylic acids is 1. The Labute approximate surface area is 190 Å². The number of imidazole rings is 1. The summed E-state index contributed by atoms with van der Waals surface area (Å²) in [6, 6.07) is 12.2. The van der Waals surface area contributed by atoms with Gasteiger partial charge in [0.2, 0.25) is 0 Å². The first-order chi connectivity index (χ1) is 15.6. The number of rotatable bonds is 8. The highest BCUT2D eigenvalue weighted by Gasteiger charge is 2.25. The Hall–Kier alpha value is -3.07. The van der Waals surface area contributed by atoms with Gasteiger partial charge in [-0.25, -0.2) is 4.98 Å². The van der Waals surface area contributed by atoms with Crippen LogP contribution in [0.4, 0.5) is 11.4 Å². The monoisotopic (exact) mass is 453 g/mol. The molecule has 0 spiro atoms. The maximum Gasteiger partial charge on any atom is 0.293 e. The van der Waals surface area contributed by atoms with Gasteiger partial charge in [-0.05, 0) is 62.0 Å². The molecule has 1 saturated heterocycles. The molecule has 0 unspecified atom stereocenters. The van der Waals surface area contributed by atoms with E-state index in [1.807, 2.05) is 35.4 Å². The third kappa shape index (κ3) is 4.88. The zero-order chi connectivity index (χ0) is 22.5. The van der Waals surface area contributed by atoms with Gasteiger partial charge in [-0.3, -0.25) is 14.9 Å². The summed E-state index contributed by atoms with van der Waals surface area (Å²) in [5, 5.41) is 14.8. The number of fused-ring (bicyclic) bond motifs is 1. The predicted molar refractivity (Wildman–Crippen MR) is 128 cm³/mol. The third-order valence-electron chi connectivity index (χ3n) is 5.78. The van der Waals surface area contributed by atoms with Gasteiger partial charge in [0.15, 0.2) is 0 Å². The van der Waals surface area contributed by atoms with E-state index in [2.05, 4.69) is 15.3 Å². The molecular weight excluding hydrogens is 426 g/mol. The highest BCUT2D eigenvalue weighted by molar-refractivity contribution is 7.98. The molecule has 2 aromatic carbocycles. The number of hydrogen-bond acceptors (Lipinski definition) is 6. The molecule has 1 amide bonds. The summed E-state index contributed by atoms with van der Waals surface area (Å²) in [4.78, 5) is 34.4. The van der Waals surface area contributed by atoms with Gasteiger partial charge in [0.25, 0.3) is 11.6 Å². The average Bonchev–Trinajstić information content (AvgIpc) is 3.26. The van der Waals surface area contributed by atoms with Crippen LogP contribution in [0.25, 0.3) is 11.0 Å². The number of piperidine rings is 1. The number of hydrogen-bond donors (Lipinski definition) is 2. The number of anilines is 1. The van der Waals surface area contributed by atoms with E-state index in [1.165, 1.54) is 6.07 Å². The van der Waals surface area contributed by atoms with Crippen molar-refractivity contribution in [2.75, 3.05) is 30.0 Å². The molecule has 4 rings (SSSR count). The number of aromatic amines is 1. The van der Waals surface area contributed by atoms with Gasteiger partial charge in [-0.15, -0.1) is 0 Å². The molecule has 0 aliphatic carbocycles. The molecule has 8 nitrogen and oxygen atoms in total. The van der Waals surface area contributed by atoms with Crippen LogP contribution in [-0.2, 0) is 0 Å². The second kappa shape index (κ2) is 10.0. The van der Waals surface area contributed by atoms with Gasteiger partial charge in [0, 0.05) is 24.7 Å². The first kappa shape index (κ1) is 22.1. The molecule has 1 fully saturated rings. The Balaban J connectivity index is 1.58. The molecule has 1 aromatic heterocycles. The zero-order valence-corrected chi connectivity index (χ0v) is 18.9. The summed E-state index contributed by atoms with van der Waals surface area (Å²) in [5.41, 5.74) is 2.59. The minimum absolute atomic E-state index is 0.0241. The largest absolute Gasteiger partial charge is 0.366 e. The van der Waals surface area contributed by atoms with E-state index >= 15 is 0 Å².